The van der Waals surface area contributed by atoms with Crippen molar-refractivity contribution in [2.45, 2.75) is 6.42 Å². The van der Waals surface area contributed by atoms with Crippen molar-refractivity contribution in [1.29, 1.82) is 0 Å². The topological polar surface area (TPSA) is 40.5 Å². The molecule has 1 aromatic rings. The molecule has 0 saturated heterocycles. The first-order chi connectivity index (χ1) is 4.75. The van der Waals surface area contributed by atoms with Crippen molar-refractivity contribution in [3.8, 4) is 11.5 Å². The highest BCUT2D eigenvalue weighted by molar-refractivity contribution is 5.44. The van der Waals surface area contributed by atoms with Crippen molar-refractivity contribution in [1.82, 2.24) is 0 Å². The van der Waals surface area contributed by atoms with Crippen LogP contribution in [0.1, 0.15) is 5.56 Å². The maximum absolute atomic E-state index is 9.11. The molecule has 0 bridgehead atoms. The van der Waals surface area contributed by atoms with Crippen molar-refractivity contribution < 1.29 is 10.2 Å². The number of aromatic hydroxyl groups is 2. The predicted octanol–water partition coefficient (Wildman–Crippen LogP) is 1.47. The van der Waals surface area contributed by atoms with Crippen LogP contribution in [0.2, 0.25) is 0 Å². The van der Waals surface area contributed by atoms with Gasteiger partial charge in [-0.3, -0.25) is 0 Å². The van der Waals surface area contributed by atoms with Crippen molar-refractivity contribution in [3.05, 3.63) is 30.7 Å². The van der Waals surface area contributed by atoms with Crippen LogP contribution in [0.5, 0.6) is 11.5 Å². The average Bonchev–Trinajstić information content (AvgIpc) is 1.95. The number of rotatable bonds is 1. The summed E-state index contributed by atoms with van der Waals surface area (Å²) in [7, 11) is 0. The molecule has 1 rings (SSSR count). The molecule has 0 aliphatic rings. The van der Waals surface area contributed by atoms with Gasteiger partial charge in [-0.25, -0.2) is 0 Å². The van der Waals surface area contributed by atoms with Gasteiger partial charge in [-0.05, 0) is 25.0 Å². The molecule has 0 fully saturated rings. The van der Waals surface area contributed by atoms with Gasteiger partial charge < -0.3 is 10.2 Å². The van der Waals surface area contributed by atoms with Gasteiger partial charge in [0.05, 0.1) is 0 Å². The van der Waals surface area contributed by atoms with E-state index in [9.17, 15) is 0 Å². The Labute approximate surface area is 59.7 Å². The predicted molar refractivity (Wildman–Crippen MR) is 38.8 cm³/mol. The molecule has 0 atom stereocenters. The number of phenols is 2. The summed E-state index contributed by atoms with van der Waals surface area (Å²) in [6, 6.07) is 4.84. The Morgan fingerprint density at radius 3 is 2.50 bits per heavy atom. The molecule has 2 heteroatoms. The number of hydrogen-bond donors (Lipinski definition) is 2. The smallest absolute Gasteiger partial charge is 0.160 e. The van der Waals surface area contributed by atoms with E-state index < -0.39 is 0 Å². The van der Waals surface area contributed by atoms with Gasteiger partial charge in [0, 0.05) is 0 Å². The van der Waals surface area contributed by atoms with Gasteiger partial charge >= 0.3 is 0 Å². The Morgan fingerprint density at radius 1 is 1.30 bits per heavy atom. The Hall–Kier alpha value is -1.18. The van der Waals surface area contributed by atoms with Gasteiger partial charge in [0.25, 0.3) is 0 Å². The summed E-state index contributed by atoms with van der Waals surface area (Å²) in [6.45, 7) is 3.59. The third-order valence-electron chi connectivity index (χ3n) is 1.37. The monoisotopic (exact) mass is 137 g/mol. The van der Waals surface area contributed by atoms with E-state index in [2.05, 4.69) is 6.92 Å². The quantitative estimate of drug-likeness (QED) is 0.575. The van der Waals surface area contributed by atoms with Gasteiger partial charge in [0.2, 0.25) is 0 Å². The Morgan fingerprint density at radius 2 is 2.00 bits per heavy atom. The zero-order chi connectivity index (χ0) is 7.56. The zero-order valence-electron chi connectivity index (χ0n) is 5.54. The summed E-state index contributed by atoms with van der Waals surface area (Å²) in [5.41, 5.74) is 0.667. The van der Waals surface area contributed by atoms with E-state index in [0.717, 1.165) is 0 Å². The molecule has 0 unspecified atom stereocenters. The summed E-state index contributed by atoms with van der Waals surface area (Å²) >= 11 is 0. The summed E-state index contributed by atoms with van der Waals surface area (Å²) in [4.78, 5) is 0. The van der Waals surface area contributed by atoms with E-state index in [-0.39, 0.29) is 11.5 Å². The largest absolute Gasteiger partial charge is 0.504 e. The van der Waals surface area contributed by atoms with Crippen molar-refractivity contribution >= 4 is 0 Å². The first-order valence-electron chi connectivity index (χ1n) is 3.04. The lowest BCUT2D eigenvalue weighted by molar-refractivity contribution is 0.400. The molecule has 53 valence electrons. The third kappa shape index (κ3) is 1.05. The van der Waals surface area contributed by atoms with Gasteiger partial charge in [0.1, 0.15) is 0 Å². The van der Waals surface area contributed by atoms with E-state index >= 15 is 0 Å². The first kappa shape index (κ1) is 6.93. The minimum Gasteiger partial charge on any atom is -0.504 e. The minimum atomic E-state index is -0.0823. The summed E-state index contributed by atoms with van der Waals surface area (Å²) in [6.07, 6.45) is 0.486. The van der Waals surface area contributed by atoms with Gasteiger partial charge in [-0.1, -0.05) is 12.1 Å². The second-order valence-electron chi connectivity index (χ2n) is 2.03. The Balaban J connectivity index is 3.14. The number of benzene rings is 1. The molecule has 10 heavy (non-hydrogen) atoms. The van der Waals surface area contributed by atoms with Crippen LogP contribution in [0.15, 0.2) is 18.2 Å². The van der Waals surface area contributed by atoms with Crippen LogP contribution in [-0.4, -0.2) is 10.2 Å². The molecular weight excluding hydrogens is 128 g/mol. The summed E-state index contributed by atoms with van der Waals surface area (Å²) in [5, 5.41) is 18.1. The lowest BCUT2D eigenvalue weighted by Gasteiger charge is -2.01. The van der Waals surface area contributed by atoms with Crippen molar-refractivity contribution in [2.24, 2.45) is 0 Å². The standard InChI is InChI=1S/C8H9O2/c1-2-6-4-3-5-7(9)8(6)10/h3-5,9-10H,1-2H2. The van der Waals surface area contributed by atoms with Gasteiger partial charge in [-0.2, -0.15) is 0 Å². The average molecular weight is 137 g/mol. The fourth-order valence-electron chi connectivity index (χ4n) is 0.780. The molecule has 0 aliphatic carbocycles. The maximum Gasteiger partial charge on any atom is 0.160 e. The summed E-state index contributed by atoms with van der Waals surface area (Å²) < 4.78 is 0. The highest BCUT2D eigenvalue weighted by Gasteiger charge is 2.01. The highest BCUT2D eigenvalue weighted by Crippen LogP contribution is 2.27. The maximum atomic E-state index is 9.11. The minimum absolute atomic E-state index is 0.0579. The molecule has 0 aromatic heterocycles. The SMILES string of the molecule is [CH2]Cc1cccc(O)c1O. The lowest BCUT2D eigenvalue weighted by atomic mass is 10.1. The van der Waals surface area contributed by atoms with Crippen molar-refractivity contribution in [2.75, 3.05) is 0 Å². The van der Waals surface area contributed by atoms with E-state index in [0.29, 0.717) is 12.0 Å². The number of hydrogen-bond acceptors (Lipinski definition) is 2. The third-order valence-corrected chi connectivity index (χ3v) is 1.37. The number of phenolic OH excluding ortho intramolecular Hbond substituents is 2. The van der Waals surface area contributed by atoms with Crippen LogP contribution in [0.3, 0.4) is 0 Å². The van der Waals surface area contributed by atoms with Crippen molar-refractivity contribution in [3.63, 3.8) is 0 Å². The molecule has 1 aromatic carbocycles. The molecule has 0 spiro atoms. The summed E-state index contributed by atoms with van der Waals surface area (Å²) in [5.74, 6) is -0.140. The van der Waals surface area contributed by atoms with Gasteiger partial charge in [0.15, 0.2) is 11.5 Å². The molecule has 2 nitrogen and oxygen atoms in total. The van der Waals surface area contributed by atoms with Crippen LogP contribution in [0.25, 0.3) is 0 Å². The Kier molecular flexibility index (Phi) is 1.81. The molecule has 0 heterocycles. The van der Waals surface area contributed by atoms with Gasteiger partial charge in [-0.15, -0.1) is 0 Å². The van der Waals surface area contributed by atoms with E-state index in [4.69, 9.17) is 10.2 Å². The molecule has 2 N–H and O–H groups in total. The van der Waals surface area contributed by atoms with Crippen LogP contribution < -0.4 is 0 Å². The zero-order valence-corrected chi connectivity index (χ0v) is 5.54. The van der Waals surface area contributed by atoms with E-state index in [1.807, 2.05) is 0 Å². The second-order valence-corrected chi connectivity index (χ2v) is 2.03. The lowest BCUT2D eigenvalue weighted by Crippen LogP contribution is -1.80. The van der Waals surface area contributed by atoms with E-state index in [1.54, 1.807) is 12.1 Å². The molecule has 1 radical (unpaired) electrons. The van der Waals surface area contributed by atoms with Crippen LogP contribution >= 0.6 is 0 Å². The molecule has 0 saturated carbocycles. The van der Waals surface area contributed by atoms with E-state index in [1.165, 1.54) is 6.07 Å². The van der Waals surface area contributed by atoms with Crippen LogP contribution in [-0.2, 0) is 6.42 Å². The van der Waals surface area contributed by atoms with Crippen LogP contribution in [0, 0.1) is 6.92 Å². The number of para-hydroxylation sites is 1. The highest BCUT2D eigenvalue weighted by atomic mass is 16.3. The normalized spacial score (nSPS) is 9.70. The molecular formula is C8H9O2. The second kappa shape index (κ2) is 2.60. The fraction of sp³-hybridized carbons (Fsp3) is 0.125. The fourth-order valence-corrected chi connectivity index (χ4v) is 0.780. The first-order valence-corrected chi connectivity index (χ1v) is 3.04. The Bertz CT molecular complexity index is 231. The molecule has 0 aliphatic heterocycles. The van der Waals surface area contributed by atoms with Crippen LogP contribution in [0.4, 0.5) is 0 Å². The molecule has 0 amide bonds.